The molecule has 2 heterocycles. The average molecular weight is 587 g/mol. The van der Waals surface area contributed by atoms with Crippen molar-refractivity contribution in [3.05, 3.63) is 99.8 Å². The van der Waals surface area contributed by atoms with E-state index in [1.165, 1.54) is 0 Å². The summed E-state index contributed by atoms with van der Waals surface area (Å²) in [6, 6.07) is 23.3. The Hall–Kier alpha value is -4.69. The second kappa shape index (κ2) is 13.3. The van der Waals surface area contributed by atoms with E-state index >= 15 is 0 Å². The second-order valence-corrected chi connectivity index (χ2v) is 9.96. The van der Waals surface area contributed by atoms with Crippen LogP contribution in [-0.2, 0) is 13.7 Å². The summed E-state index contributed by atoms with van der Waals surface area (Å²) >= 11 is 0. The van der Waals surface area contributed by atoms with E-state index in [0.717, 1.165) is 37.1 Å². The molecule has 1 aliphatic heterocycles. The maximum Gasteiger partial charge on any atom is 0.274 e. The molecule has 11 heteroatoms. The molecule has 5 rings (SSSR count). The average Bonchev–Trinajstić information content (AvgIpc) is 3.02. The normalized spacial score (nSPS) is 13.1. The second-order valence-electron chi connectivity index (χ2n) is 9.96. The van der Waals surface area contributed by atoms with Gasteiger partial charge in [-0.2, -0.15) is 5.26 Å². The molecular formula is C31H31ClN6O4. The summed E-state index contributed by atoms with van der Waals surface area (Å²) in [5.41, 5.74) is 11.7. The van der Waals surface area contributed by atoms with E-state index in [1.54, 1.807) is 65.6 Å². The topological polar surface area (TPSA) is 146 Å². The quantitative estimate of drug-likeness (QED) is 0.217. The van der Waals surface area contributed by atoms with Crippen molar-refractivity contribution in [1.29, 1.82) is 5.26 Å². The van der Waals surface area contributed by atoms with Gasteiger partial charge in [-0.25, -0.2) is 10.5 Å². The third-order valence-electron chi connectivity index (χ3n) is 7.24. The number of piperidine rings is 1. The number of nitrogens with one attached hydrogen (secondary N) is 1. The lowest BCUT2D eigenvalue weighted by molar-refractivity contribution is 0.0706. The van der Waals surface area contributed by atoms with E-state index in [4.69, 9.17) is 20.7 Å². The lowest BCUT2D eigenvalue weighted by atomic mass is 9.99. The van der Waals surface area contributed by atoms with E-state index in [1.807, 2.05) is 24.3 Å². The Morgan fingerprint density at radius 3 is 2.26 bits per heavy atom. The van der Waals surface area contributed by atoms with E-state index in [-0.39, 0.29) is 30.6 Å². The highest BCUT2D eigenvalue weighted by atomic mass is 35.5. The summed E-state index contributed by atoms with van der Waals surface area (Å²) in [5.74, 6) is 0.617. The number of carbonyl (C=O) groups excluding carboxylic acids is 1. The first-order chi connectivity index (χ1) is 19.9. The third kappa shape index (κ3) is 6.44. The van der Waals surface area contributed by atoms with Crippen LogP contribution in [0.2, 0.25) is 0 Å². The molecular weight excluding hydrogens is 556 g/mol. The lowest BCUT2D eigenvalue weighted by Crippen LogP contribution is -2.42. The molecule has 0 saturated carbocycles. The number of halogens is 1. The van der Waals surface area contributed by atoms with Crippen molar-refractivity contribution in [2.75, 3.05) is 18.0 Å². The number of hydroxylamine groups is 1. The number of rotatable bonds is 7. The van der Waals surface area contributed by atoms with Crippen LogP contribution in [0.3, 0.4) is 0 Å². The predicted molar refractivity (Wildman–Crippen MR) is 162 cm³/mol. The maximum absolute atomic E-state index is 13.9. The number of anilines is 1. The molecule has 0 radical (unpaired) electrons. The van der Waals surface area contributed by atoms with Crippen molar-refractivity contribution < 1.29 is 14.7 Å². The van der Waals surface area contributed by atoms with Gasteiger partial charge in [0, 0.05) is 37.3 Å². The molecule has 1 aromatic heterocycles. The van der Waals surface area contributed by atoms with Crippen molar-refractivity contribution in [2.45, 2.75) is 25.5 Å². The molecule has 1 saturated heterocycles. The van der Waals surface area contributed by atoms with E-state index in [0.29, 0.717) is 39.6 Å². The molecule has 1 fully saturated rings. The summed E-state index contributed by atoms with van der Waals surface area (Å²) < 4.78 is 7.50. The van der Waals surface area contributed by atoms with Gasteiger partial charge in [0.05, 0.1) is 22.9 Å². The van der Waals surface area contributed by atoms with Crippen LogP contribution in [0, 0.1) is 11.3 Å². The Morgan fingerprint density at radius 1 is 1.05 bits per heavy atom. The SMILES string of the molecule is Cl.Cn1c(N2CCC(N)CC2)nc(-c2ccc(C#N)cc2)c(-c2ccc(OCc3ccc(C(=O)NO)cc3)cc2)c1=O. The Bertz CT molecular complexity index is 1640. The largest absolute Gasteiger partial charge is 0.489 e. The predicted octanol–water partition coefficient (Wildman–Crippen LogP) is 4.03. The number of nitrogens with zero attached hydrogens (tertiary/aromatic N) is 4. The van der Waals surface area contributed by atoms with Crippen LogP contribution < -0.4 is 26.4 Å². The van der Waals surface area contributed by atoms with Gasteiger partial charge in [0.25, 0.3) is 11.5 Å². The van der Waals surface area contributed by atoms with Gasteiger partial charge in [0.2, 0.25) is 5.95 Å². The number of nitrogens with two attached hydrogens (primary N) is 1. The zero-order valence-electron chi connectivity index (χ0n) is 23.0. The molecule has 0 unspecified atom stereocenters. The molecule has 0 aliphatic carbocycles. The standard InChI is InChI=1S/C31H30N6O4.ClH/c1-36-30(39)27(22-10-12-26(13-11-22)41-19-21-4-8-24(9-5-21)29(38)35-40)28(23-6-2-20(18-32)3-7-23)34-31(36)37-16-14-25(33)15-17-37;/h2-13,25,40H,14-17,19,33H2,1H3,(H,35,38);1H. The highest BCUT2D eigenvalue weighted by molar-refractivity contribution is 5.93. The molecule has 0 bridgehead atoms. The number of hydrogen-bond acceptors (Lipinski definition) is 8. The number of nitriles is 1. The van der Waals surface area contributed by atoms with Gasteiger partial charge in [-0.05, 0) is 60.4 Å². The fourth-order valence-electron chi connectivity index (χ4n) is 4.85. The minimum Gasteiger partial charge on any atom is -0.489 e. The molecule has 1 aliphatic rings. The van der Waals surface area contributed by atoms with Crippen LogP contribution in [0.15, 0.2) is 77.6 Å². The maximum atomic E-state index is 13.9. The summed E-state index contributed by atoms with van der Waals surface area (Å²) in [5, 5.41) is 18.0. The fourth-order valence-corrected chi connectivity index (χ4v) is 4.85. The Labute approximate surface area is 249 Å². The van der Waals surface area contributed by atoms with Gasteiger partial charge >= 0.3 is 0 Å². The van der Waals surface area contributed by atoms with Crippen molar-refractivity contribution in [2.24, 2.45) is 12.8 Å². The first-order valence-electron chi connectivity index (χ1n) is 13.3. The molecule has 42 heavy (non-hydrogen) atoms. The molecule has 10 nitrogen and oxygen atoms in total. The van der Waals surface area contributed by atoms with Crippen LogP contribution in [0.1, 0.15) is 34.3 Å². The van der Waals surface area contributed by atoms with E-state index in [9.17, 15) is 14.9 Å². The highest BCUT2D eigenvalue weighted by Gasteiger charge is 2.24. The zero-order chi connectivity index (χ0) is 28.9. The molecule has 4 aromatic rings. The van der Waals surface area contributed by atoms with Crippen molar-refractivity contribution in [1.82, 2.24) is 15.0 Å². The number of carbonyl (C=O) groups is 1. The smallest absolute Gasteiger partial charge is 0.274 e. The molecule has 4 N–H and O–H groups in total. The van der Waals surface area contributed by atoms with Crippen molar-refractivity contribution >= 4 is 24.3 Å². The van der Waals surface area contributed by atoms with Crippen LogP contribution in [-0.4, -0.2) is 39.8 Å². The molecule has 0 spiro atoms. The monoisotopic (exact) mass is 586 g/mol. The summed E-state index contributed by atoms with van der Waals surface area (Å²) in [7, 11) is 1.73. The van der Waals surface area contributed by atoms with Gasteiger partial charge in [0.15, 0.2) is 0 Å². The van der Waals surface area contributed by atoms with E-state index in [2.05, 4.69) is 11.0 Å². The number of aromatic nitrogens is 2. The lowest BCUT2D eigenvalue weighted by Gasteiger charge is -2.32. The number of benzene rings is 3. The zero-order valence-corrected chi connectivity index (χ0v) is 23.8. The van der Waals surface area contributed by atoms with Crippen LogP contribution in [0.5, 0.6) is 5.75 Å². The third-order valence-corrected chi connectivity index (χ3v) is 7.24. The first-order valence-corrected chi connectivity index (χ1v) is 13.3. The van der Waals surface area contributed by atoms with Crippen LogP contribution in [0.4, 0.5) is 5.95 Å². The molecule has 3 aromatic carbocycles. The van der Waals surface area contributed by atoms with Crippen molar-refractivity contribution in [3.63, 3.8) is 0 Å². The number of hydrogen-bond donors (Lipinski definition) is 3. The Morgan fingerprint density at radius 2 is 1.67 bits per heavy atom. The Kier molecular flexibility index (Phi) is 9.60. The minimum atomic E-state index is -0.581. The summed E-state index contributed by atoms with van der Waals surface area (Å²) in [4.78, 5) is 32.5. The van der Waals surface area contributed by atoms with Crippen molar-refractivity contribution in [3.8, 4) is 34.2 Å². The summed E-state index contributed by atoms with van der Waals surface area (Å²) in [6.07, 6.45) is 1.65. The van der Waals surface area contributed by atoms with E-state index < -0.39 is 5.91 Å². The number of amides is 1. The molecule has 0 atom stereocenters. The van der Waals surface area contributed by atoms with Crippen LogP contribution >= 0.6 is 12.4 Å². The van der Waals surface area contributed by atoms with Gasteiger partial charge in [-0.3, -0.25) is 19.4 Å². The highest BCUT2D eigenvalue weighted by Crippen LogP contribution is 2.31. The van der Waals surface area contributed by atoms with Crippen LogP contribution in [0.25, 0.3) is 22.4 Å². The molecule has 1 amide bonds. The van der Waals surface area contributed by atoms with Gasteiger partial charge in [-0.15, -0.1) is 12.4 Å². The Balaban J connectivity index is 0.00000405. The minimum absolute atomic E-state index is 0. The van der Waals surface area contributed by atoms with Gasteiger partial charge in [-0.1, -0.05) is 36.4 Å². The number of ether oxygens (including phenoxy) is 1. The first kappa shape index (κ1) is 30.3. The van der Waals surface area contributed by atoms with Gasteiger partial charge in [0.1, 0.15) is 12.4 Å². The van der Waals surface area contributed by atoms with Gasteiger partial charge < -0.3 is 15.4 Å². The molecule has 216 valence electrons. The fraction of sp³-hybridized carbons (Fsp3) is 0.226. The summed E-state index contributed by atoms with van der Waals surface area (Å²) in [6.45, 7) is 1.71.